The summed E-state index contributed by atoms with van der Waals surface area (Å²) in [7, 11) is 0. The Morgan fingerprint density at radius 3 is 2.85 bits per heavy atom. The highest BCUT2D eigenvalue weighted by molar-refractivity contribution is 7.98. The minimum atomic E-state index is -0.420. The summed E-state index contributed by atoms with van der Waals surface area (Å²) in [6.07, 6.45) is 4.70. The second-order valence-electron chi connectivity index (χ2n) is 2.91. The lowest BCUT2D eigenvalue weighted by Crippen LogP contribution is -2.27. The Bertz CT molecular complexity index is 142. The van der Waals surface area contributed by atoms with Crippen LogP contribution in [0.1, 0.15) is 32.6 Å². The van der Waals surface area contributed by atoms with Crippen molar-refractivity contribution in [3.05, 3.63) is 0 Å². The summed E-state index contributed by atoms with van der Waals surface area (Å²) in [6, 6.07) is 0. The molecule has 0 amide bonds. The molecule has 0 heterocycles. The summed E-state index contributed by atoms with van der Waals surface area (Å²) in [5, 5.41) is 0. The van der Waals surface area contributed by atoms with Gasteiger partial charge in [0.25, 0.3) is 0 Å². The smallest absolute Gasteiger partial charge is 0.307 e. The largest absolute Gasteiger partial charge is 0.447 e. The SMILES string of the molecule is CCCCC(=O)O[C@@H](N)CCSC. The van der Waals surface area contributed by atoms with E-state index < -0.39 is 6.23 Å². The van der Waals surface area contributed by atoms with Gasteiger partial charge in [-0.3, -0.25) is 10.5 Å². The number of unbranched alkanes of at least 4 members (excludes halogenated alkanes) is 1. The highest BCUT2D eigenvalue weighted by Crippen LogP contribution is 2.03. The number of thioether (sulfide) groups is 1. The van der Waals surface area contributed by atoms with E-state index in [-0.39, 0.29) is 5.97 Å². The zero-order chi connectivity index (χ0) is 10.1. The second kappa shape index (κ2) is 8.38. The molecular formula is C9H19NO2S. The van der Waals surface area contributed by atoms with Gasteiger partial charge in [0.1, 0.15) is 0 Å². The second-order valence-corrected chi connectivity index (χ2v) is 3.90. The normalized spacial score (nSPS) is 12.5. The predicted molar refractivity (Wildman–Crippen MR) is 56.6 cm³/mol. The molecule has 0 spiro atoms. The van der Waals surface area contributed by atoms with E-state index in [4.69, 9.17) is 10.5 Å². The van der Waals surface area contributed by atoms with Crippen LogP contribution in [0.5, 0.6) is 0 Å². The van der Waals surface area contributed by atoms with E-state index in [0.717, 1.165) is 25.0 Å². The molecule has 1 atom stereocenters. The van der Waals surface area contributed by atoms with Gasteiger partial charge in [-0.15, -0.1) is 0 Å². The Labute approximate surface area is 84.4 Å². The third-order valence-electron chi connectivity index (χ3n) is 1.62. The van der Waals surface area contributed by atoms with Crippen LogP contribution in [-0.4, -0.2) is 24.2 Å². The maximum Gasteiger partial charge on any atom is 0.307 e. The molecule has 0 aliphatic heterocycles. The van der Waals surface area contributed by atoms with E-state index in [9.17, 15) is 4.79 Å². The van der Waals surface area contributed by atoms with Crippen molar-refractivity contribution in [2.24, 2.45) is 5.73 Å². The number of carbonyl (C=O) groups excluding carboxylic acids is 1. The fourth-order valence-electron chi connectivity index (χ4n) is 0.842. The Hall–Kier alpha value is -0.220. The van der Waals surface area contributed by atoms with Crippen molar-refractivity contribution < 1.29 is 9.53 Å². The lowest BCUT2D eigenvalue weighted by Gasteiger charge is -2.11. The molecule has 0 radical (unpaired) electrons. The molecule has 4 heteroatoms. The highest BCUT2D eigenvalue weighted by Gasteiger charge is 2.08. The first-order valence-corrected chi connectivity index (χ1v) is 6.04. The maximum atomic E-state index is 11.1. The van der Waals surface area contributed by atoms with Gasteiger partial charge in [0.2, 0.25) is 0 Å². The lowest BCUT2D eigenvalue weighted by molar-refractivity contribution is -0.149. The predicted octanol–water partition coefficient (Wildman–Crippen LogP) is 1.76. The number of ether oxygens (including phenoxy) is 1. The Morgan fingerprint density at radius 2 is 2.31 bits per heavy atom. The molecular weight excluding hydrogens is 186 g/mol. The Balaban J connectivity index is 3.41. The van der Waals surface area contributed by atoms with Crippen molar-refractivity contribution in [3.63, 3.8) is 0 Å². The minimum Gasteiger partial charge on any atom is -0.447 e. The van der Waals surface area contributed by atoms with E-state index in [1.807, 2.05) is 13.2 Å². The number of carbonyl (C=O) groups is 1. The molecule has 13 heavy (non-hydrogen) atoms. The third-order valence-corrected chi connectivity index (χ3v) is 2.27. The van der Waals surface area contributed by atoms with Crippen LogP contribution in [0.2, 0.25) is 0 Å². The van der Waals surface area contributed by atoms with Gasteiger partial charge in [0.05, 0.1) is 0 Å². The zero-order valence-electron chi connectivity index (χ0n) is 8.41. The van der Waals surface area contributed by atoms with Gasteiger partial charge < -0.3 is 4.74 Å². The van der Waals surface area contributed by atoms with E-state index in [1.54, 1.807) is 11.8 Å². The van der Waals surface area contributed by atoms with Crippen molar-refractivity contribution in [2.45, 2.75) is 38.8 Å². The zero-order valence-corrected chi connectivity index (χ0v) is 9.23. The fraction of sp³-hybridized carbons (Fsp3) is 0.889. The van der Waals surface area contributed by atoms with Crippen LogP contribution in [0.15, 0.2) is 0 Å². The molecule has 0 aliphatic carbocycles. The molecule has 0 aromatic rings. The number of rotatable bonds is 7. The van der Waals surface area contributed by atoms with Gasteiger partial charge in [-0.1, -0.05) is 13.3 Å². The summed E-state index contributed by atoms with van der Waals surface area (Å²) in [6.45, 7) is 2.04. The van der Waals surface area contributed by atoms with Crippen molar-refractivity contribution in [2.75, 3.05) is 12.0 Å². The number of hydrogen-bond donors (Lipinski definition) is 1. The summed E-state index contributed by atoms with van der Waals surface area (Å²) >= 11 is 1.70. The molecule has 2 N–H and O–H groups in total. The van der Waals surface area contributed by atoms with Gasteiger partial charge >= 0.3 is 5.97 Å². The van der Waals surface area contributed by atoms with Crippen LogP contribution in [0, 0.1) is 0 Å². The van der Waals surface area contributed by atoms with Gasteiger partial charge in [-0.2, -0.15) is 11.8 Å². The highest BCUT2D eigenvalue weighted by atomic mass is 32.2. The average molecular weight is 205 g/mol. The standard InChI is InChI=1S/C9H19NO2S/c1-3-4-5-9(11)12-8(10)6-7-13-2/h8H,3-7,10H2,1-2H3/t8-/m1/s1. The van der Waals surface area contributed by atoms with Crippen molar-refractivity contribution in [1.82, 2.24) is 0 Å². The molecule has 3 nitrogen and oxygen atoms in total. The molecule has 0 saturated heterocycles. The van der Waals surface area contributed by atoms with Gasteiger partial charge in [-0.25, -0.2) is 0 Å². The van der Waals surface area contributed by atoms with Crippen LogP contribution in [-0.2, 0) is 9.53 Å². The van der Waals surface area contributed by atoms with Crippen molar-refractivity contribution >= 4 is 17.7 Å². The quantitative estimate of drug-likeness (QED) is 0.508. The van der Waals surface area contributed by atoms with E-state index in [2.05, 4.69) is 0 Å². The van der Waals surface area contributed by atoms with Crippen molar-refractivity contribution in [3.8, 4) is 0 Å². The van der Waals surface area contributed by atoms with Crippen LogP contribution < -0.4 is 5.73 Å². The molecule has 0 unspecified atom stereocenters. The first-order valence-electron chi connectivity index (χ1n) is 4.64. The van der Waals surface area contributed by atoms with E-state index >= 15 is 0 Å². The molecule has 0 saturated carbocycles. The maximum absolute atomic E-state index is 11.1. The van der Waals surface area contributed by atoms with Gasteiger partial charge in [-0.05, 0) is 18.4 Å². The van der Waals surface area contributed by atoms with Gasteiger partial charge in [0.15, 0.2) is 6.23 Å². The molecule has 0 aromatic heterocycles. The molecule has 0 aliphatic rings. The Morgan fingerprint density at radius 1 is 1.62 bits per heavy atom. The molecule has 0 aromatic carbocycles. The third kappa shape index (κ3) is 8.12. The molecule has 0 bridgehead atoms. The number of esters is 1. The number of hydrogen-bond acceptors (Lipinski definition) is 4. The van der Waals surface area contributed by atoms with Crippen LogP contribution in [0.25, 0.3) is 0 Å². The first-order chi connectivity index (χ1) is 6.20. The fourth-order valence-corrected chi connectivity index (χ4v) is 1.31. The van der Waals surface area contributed by atoms with E-state index in [1.165, 1.54) is 0 Å². The topological polar surface area (TPSA) is 52.3 Å². The summed E-state index contributed by atoms with van der Waals surface area (Å²) in [4.78, 5) is 11.1. The summed E-state index contributed by atoms with van der Waals surface area (Å²) in [5.74, 6) is 0.762. The van der Waals surface area contributed by atoms with Crippen LogP contribution in [0.4, 0.5) is 0 Å². The molecule has 78 valence electrons. The van der Waals surface area contributed by atoms with Crippen molar-refractivity contribution in [1.29, 1.82) is 0 Å². The molecule has 0 fully saturated rings. The average Bonchev–Trinajstić information content (AvgIpc) is 2.11. The first kappa shape index (κ1) is 12.8. The number of nitrogens with two attached hydrogens (primary N) is 1. The summed E-state index contributed by atoms with van der Waals surface area (Å²) < 4.78 is 4.98. The van der Waals surface area contributed by atoms with Crippen LogP contribution >= 0.6 is 11.8 Å². The lowest BCUT2D eigenvalue weighted by atomic mass is 10.2. The summed E-state index contributed by atoms with van der Waals surface area (Å²) in [5.41, 5.74) is 5.58. The molecule has 0 rings (SSSR count). The van der Waals surface area contributed by atoms with E-state index in [0.29, 0.717) is 6.42 Å². The monoisotopic (exact) mass is 205 g/mol. The van der Waals surface area contributed by atoms with Crippen LogP contribution in [0.3, 0.4) is 0 Å². The van der Waals surface area contributed by atoms with Gasteiger partial charge in [0, 0.05) is 12.8 Å². The minimum absolute atomic E-state index is 0.171. The Kier molecular flexibility index (Phi) is 8.24.